The topological polar surface area (TPSA) is 41.6 Å². The Hall–Kier alpha value is -1.60. The van der Waals surface area contributed by atoms with E-state index in [1.54, 1.807) is 0 Å². The molecule has 0 unspecified atom stereocenters. The van der Waals surface area contributed by atoms with Crippen LogP contribution in [0.25, 0.3) is 0 Å². The number of ether oxygens (including phenoxy) is 1. The van der Waals surface area contributed by atoms with Crippen LogP contribution in [0, 0.1) is 0 Å². The van der Waals surface area contributed by atoms with Gasteiger partial charge >= 0.3 is 6.36 Å². The number of alkyl halides is 3. The van der Waals surface area contributed by atoms with Crippen LogP contribution in [-0.2, 0) is 0 Å². The van der Waals surface area contributed by atoms with E-state index in [0.29, 0.717) is 0 Å². The van der Waals surface area contributed by atoms with Crippen LogP contribution in [0.1, 0.15) is 16.8 Å². The van der Waals surface area contributed by atoms with Crippen LogP contribution < -0.4 is 10.1 Å². The molecular weight excluding hydrogens is 285 g/mol. The van der Waals surface area contributed by atoms with Gasteiger partial charge in [-0.05, 0) is 31.6 Å². The third-order valence-corrected chi connectivity index (χ3v) is 3.19. The molecule has 0 spiro atoms. The van der Waals surface area contributed by atoms with Crippen molar-refractivity contribution in [1.29, 1.82) is 0 Å². The lowest BCUT2D eigenvalue weighted by molar-refractivity contribution is -0.274. The predicted molar refractivity (Wildman–Crippen MR) is 71.4 cm³/mol. The summed E-state index contributed by atoms with van der Waals surface area (Å²) in [6, 6.07) is 5.20. The number of benzene rings is 1. The molecule has 0 saturated carbocycles. The van der Waals surface area contributed by atoms with Gasteiger partial charge in [0.15, 0.2) is 5.78 Å². The molecule has 0 aromatic heterocycles. The van der Waals surface area contributed by atoms with Crippen molar-refractivity contribution in [2.45, 2.75) is 12.8 Å². The number of rotatable bonds is 4. The number of nitrogens with one attached hydrogen (secondary N) is 1. The Morgan fingerprint density at radius 1 is 1.29 bits per heavy atom. The lowest BCUT2D eigenvalue weighted by Crippen LogP contribution is -2.33. The molecule has 0 amide bonds. The molecule has 0 aliphatic carbocycles. The van der Waals surface area contributed by atoms with Gasteiger partial charge in [-0.15, -0.1) is 13.2 Å². The van der Waals surface area contributed by atoms with Gasteiger partial charge in [0.2, 0.25) is 0 Å². The highest BCUT2D eigenvalue weighted by molar-refractivity contribution is 5.97. The van der Waals surface area contributed by atoms with E-state index < -0.39 is 6.36 Å². The van der Waals surface area contributed by atoms with Gasteiger partial charge in [0.05, 0.1) is 6.54 Å². The number of carbonyl (C=O) groups is 1. The first kappa shape index (κ1) is 15.8. The van der Waals surface area contributed by atoms with Crippen LogP contribution in [0.3, 0.4) is 0 Å². The molecule has 1 fully saturated rings. The van der Waals surface area contributed by atoms with Gasteiger partial charge in [-0.3, -0.25) is 9.69 Å². The van der Waals surface area contributed by atoms with Gasteiger partial charge in [0.1, 0.15) is 5.75 Å². The highest BCUT2D eigenvalue weighted by atomic mass is 19.4. The zero-order valence-corrected chi connectivity index (χ0v) is 11.4. The van der Waals surface area contributed by atoms with E-state index in [9.17, 15) is 18.0 Å². The van der Waals surface area contributed by atoms with Crippen LogP contribution >= 0.6 is 0 Å². The van der Waals surface area contributed by atoms with Crippen molar-refractivity contribution in [2.75, 3.05) is 32.7 Å². The van der Waals surface area contributed by atoms with E-state index in [4.69, 9.17) is 0 Å². The number of ketones is 1. The number of Topliss-reactive ketones (excluding diaryl/α,β-unsaturated/α-hetero) is 1. The number of hydrogen-bond donors (Lipinski definition) is 1. The molecule has 1 aliphatic rings. The second kappa shape index (κ2) is 6.91. The molecule has 116 valence electrons. The van der Waals surface area contributed by atoms with Gasteiger partial charge in [-0.2, -0.15) is 0 Å². The number of carbonyl (C=O) groups excluding carboxylic acids is 1. The predicted octanol–water partition coefficient (Wildman–Crippen LogP) is 2.06. The molecule has 1 aromatic rings. The molecule has 1 saturated heterocycles. The van der Waals surface area contributed by atoms with Crippen molar-refractivity contribution in [1.82, 2.24) is 10.2 Å². The van der Waals surface area contributed by atoms with Gasteiger partial charge in [-0.1, -0.05) is 12.1 Å². The van der Waals surface area contributed by atoms with Crippen LogP contribution in [0.2, 0.25) is 0 Å². The highest BCUT2D eigenvalue weighted by Gasteiger charge is 2.31. The van der Waals surface area contributed by atoms with Gasteiger partial charge < -0.3 is 10.1 Å². The summed E-state index contributed by atoms with van der Waals surface area (Å²) in [5.74, 6) is -0.574. The standard InChI is InChI=1S/C14H17F3N2O2/c15-14(16,17)21-12-4-1-3-11(9-12)13(20)10-19-7-2-5-18-6-8-19/h1,3-4,9,18H,2,5-8,10H2. The highest BCUT2D eigenvalue weighted by Crippen LogP contribution is 2.23. The minimum absolute atomic E-state index is 0.204. The molecular formula is C14H17F3N2O2. The summed E-state index contributed by atoms with van der Waals surface area (Å²) in [6.45, 7) is 3.49. The molecule has 1 N–H and O–H groups in total. The Labute approximate surface area is 120 Å². The third-order valence-electron chi connectivity index (χ3n) is 3.19. The van der Waals surface area contributed by atoms with Crippen molar-refractivity contribution in [3.05, 3.63) is 29.8 Å². The lowest BCUT2D eigenvalue weighted by atomic mass is 10.1. The van der Waals surface area contributed by atoms with Crippen molar-refractivity contribution in [3.63, 3.8) is 0 Å². The fourth-order valence-corrected chi connectivity index (χ4v) is 2.22. The Bertz CT molecular complexity index is 483. The average molecular weight is 302 g/mol. The van der Waals surface area contributed by atoms with E-state index in [-0.39, 0.29) is 23.6 Å². The summed E-state index contributed by atoms with van der Waals surface area (Å²) in [4.78, 5) is 14.1. The van der Waals surface area contributed by atoms with Crippen LogP contribution in [-0.4, -0.2) is 49.8 Å². The summed E-state index contributed by atoms with van der Waals surface area (Å²) in [5, 5.41) is 3.23. The smallest absolute Gasteiger partial charge is 0.406 e. The molecule has 7 heteroatoms. The van der Waals surface area contributed by atoms with Gasteiger partial charge in [-0.25, -0.2) is 0 Å². The summed E-state index contributed by atoms with van der Waals surface area (Å²) in [5.41, 5.74) is 0.231. The maximum Gasteiger partial charge on any atom is 0.573 e. The van der Waals surface area contributed by atoms with E-state index in [0.717, 1.165) is 38.7 Å². The quantitative estimate of drug-likeness (QED) is 0.865. The normalized spacial score (nSPS) is 17.3. The molecule has 1 aromatic carbocycles. The van der Waals surface area contributed by atoms with Crippen LogP contribution in [0.5, 0.6) is 5.75 Å². The summed E-state index contributed by atoms with van der Waals surface area (Å²) >= 11 is 0. The fraction of sp³-hybridized carbons (Fsp3) is 0.500. The lowest BCUT2D eigenvalue weighted by Gasteiger charge is -2.18. The third kappa shape index (κ3) is 5.35. The minimum atomic E-state index is -4.75. The zero-order chi connectivity index (χ0) is 15.3. The van der Waals surface area contributed by atoms with Crippen molar-refractivity contribution >= 4 is 5.78 Å². The largest absolute Gasteiger partial charge is 0.573 e. The van der Waals surface area contributed by atoms with Crippen LogP contribution in [0.15, 0.2) is 24.3 Å². The van der Waals surface area contributed by atoms with Gasteiger partial charge in [0, 0.05) is 18.7 Å². The van der Waals surface area contributed by atoms with Crippen molar-refractivity contribution < 1.29 is 22.7 Å². The van der Waals surface area contributed by atoms with E-state index in [1.807, 2.05) is 4.90 Å². The first-order valence-corrected chi connectivity index (χ1v) is 6.76. The second-order valence-corrected chi connectivity index (χ2v) is 4.88. The van der Waals surface area contributed by atoms with Crippen LogP contribution in [0.4, 0.5) is 13.2 Å². The first-order chi connectivity index (χ1) is 9.94. The molecule has 1 aliphatic heterocycles. The SMILES string of the molecule is O=C(CN1CCCNCC1)c1cccc(OC(F)(F)F)c1. The average Bonchev–Trinajstić information content (AvgIpc) is 2.65. The number of halogens is 3. The molecule has 0 atom stereocenters. The second-order valence-electron chi connectivity index (χ2n) is 4.88. The number of hydrogen-bond acceptors (Lipinski definition) is 4. The van der Waals surface area contributed by atoms with Gasteiger partial charge in [0.25, 0.3) is 0 Å². The minimum Gasteiger partial charge on any atom is -0.406 e. The zero-order valence-electron chi connectivity index (χ0n) is 11.4. The van der Waals surface area contributed by atoms with Crippen molar-refractivity contribution in [3.8, 4) is 5.75 Å². The molecule has 1 heterocycles. The molecule has 2 rings (SSSR count). The molecule has 0 bridgehead atoms. The molecule has 21 heavy (non-hydrogen) atoms. The summed E-state index contributed by atoms with van der Waals surface area (Å²) < 4.78 is 40.3. The maximum atomic E-state index is 12.2. The first-order valence-electron chi connectivity index (χ1n) is 6.76. The Morgan fingerprint density at radius 3 is 2.86 bits per heavy atom. The summed E-state index contributed by atoms with van der Waals surface area (Å²) in [7, 11) is 0. The molecule has 0 radical (unpaired) electrons. The fourth-order valence-electron chi connectivity index (χ4n) is 2.22. The molecule has 4 nitrogen and oxygen atoms in total. The van der Waals surface area contributed by atoms with Crippen molar-refractivity contribution in [2.24, 2.45) is 0 Å². The Kier molecular flexibility index (Phi) is 5.19. The monoisotopic (exact) mass is 302 g/mol. The Morgan fingerprint density at radius 2 is 2.10 bits per heavy atom. The van der Waals surface area contributed by atoms with E-state index in [2.05, 4.69) is 10.1 Å². The van der Waals surface area contributed by atoms with E-state index >= 15 is 0 Å². The maximum absolute atomic E-state index is 12.2. The summed E-state index contributed by atoms with van der Waals surface area (Å²) in [6.07, 6.45) is -3.80. The Balaban J connectivity index is 2.00. The number of nitrogens with zero attached hydrogens (tertiary/aromatic N) is 1. The van der Waals surface area contributed by atoms with E-state index in [1.165, 1.54) is 18.2 Å².